The fourth-order valence-corrected chi connectivity index (χ4v) is 4.05. The molecule has 2 saturated heterocycles. The molecule has 104 valence electrons. The van der Waals surface area contributed by atoms with Gasteiger partial charge in [-0.1, -0.05) is 11.6 Å². The Labute approximate surface area is 121 Å². The lowest BCUT2D eigenvalue weighted by Gasteiger charge is -2.42. The van der Waals surface area contributed by atoms with E-state index in [1.807, 2.05) is 6.07 Å². The van der Waals surface area contributed by atoms with E-state index in [2.05, 4.69) is 0 Å². The van der Waals surface area contributed by atoms with E-state index in [1.54, 1.807) is 6.07 Å². The van der Waals surface area contributed by atoms with E-state index in [-0.39, 0.29) is 17.3 Å². The summed E-state index contributed by atoms with van der Waals surface area (Å²) in [6.45, 7) is 2.16. The second-order valence-electron chi connectivity index (χ2n) is 5.30. The number of thiophene rings is 1. The zero-order valence-electron chi connectivity index (χ0n) is 10.7. The Bertz CT molecular complexity index is 460. The third kappa shape index (κ3) is 2.87. The fraction of sp³-hybridized carbons (Fsp3) is 0.643. The smallest absolute Gasteiger partial charge is 0.176 e. The molecule has 0 radical (unpaired) electrons. The van der Waals surface area contributed by atoms with Gasteiger partial charge in [-0.2, -0.15) is 0 Å². The largest absolute Gasteiger partial charge is 0.381 e. The van der Waals surface area contributed by atoms with E-state index in [9.17, 15) is 4.79 Å². The van der Waals surface area contributed by atoms with Gasteiger partial charge in [0.2, 0.25) is 0 Å². The monoisotopic (exact) mass is 300 g/mol. The van der Waals surface area contributed by atoms with E-state index < -0.39 is 0 Å². The van der Waals surface area contributed by atoms with Gasteiger partial charge in [0.15, 0.2) is 5.78 Å². The van der Waals surface area contributed by atoms with Crippen molar-refractivity contribution in [3.8, 4) is 0 Å². The standard InChI is InChI=1S/C14H17ClO3S/c15-12-2-1-11(19-12)13(16)10-3-6-18-14(9-10)4-7-17-8-5-14/h1-2,10H,3-9H2. The normalized spacial score (nSPS) is 26.5. The summed E-state index contributed by atoms with van der Waals surface area (Å²) < 4.78 is 12.1. The summed E-state index contributed by atoms with van der Waals surface area (Å²) >= 11 is 7.29. The van der Waals surface area contributed by atoms with Gasteiger partial charge in [-0.05, 0) is 37.8 Å². The molecule has 2 aliphatic rings. The number of ketones is 1. The van der Waals surface area contributed by atoms with Gasteiger partial charge in [0, 0.05) is 25.7 Å². The number of carbonyl (C=O) groups is 1. The van der Waals surface area contributed by atoms with Crippen molar-refractivity contribution in [3.05, 3.63) is 21.3 Å². The van der Waals surface area contributed by atoms with Crippen LogP contribution in [0.2, 0.25) is 4.34 Å². The SMILES string of the molecule is O=C(c1ccc(Cl)s1)C1CCOC2(CCOCC2)C1. The van der Waals surface area contributed by atoms with Crippen molar-refractivity contribution in [2.24, 2.45) is 5.92 Å². The molecular formula is C14H17ClO3S. The Morgan fingerprint density at radius 3 is 2.79 bits per heavy atom. The molecule has 1 aromatic heterocycles. The van der Waals surface area contributed by atoms with Crippen LogP contribution >= 0.6 is 22.9 Å². The molecule has 1 unspecified atom stereocenters. The minimum Gasteiger partial charge on any atom is -0.381 e. The zero-order chi connectivity index (χ0) is 13.3. The van der Waals surface area contributed by atoms with Crippen LogP contribution in [-0.4, -0.2) is 31.2 Å². The molecule has 1 spiro atoms. The second kappa shape index (κ2) is 5.52. The van der Waals surface area contributed by atoms with Gasteiger partial charge in [-0.25, -0.2) is 0 Å². The molecule has 0 aromatic carbocycles. The highest BCUT2D eigenvalue weighted by atomic mass is 35.5. The van der Waals surface area contributed by atoms with Gasteiger partial charge in [0.1, 0.15) is 0 Å². The lowest BCUT2D eigenvalue weighted by Crippen LogP contribution is -2.45. The molecule has 0 aliphatic carbocycles. The summed E-state index contributed by atoms with van der Waals surface area (Å²) in [7, 11) is 0. The van der Waals surface area contributed by atoms with Gasteiger partial charge in [-0.3, -0.25) is 4.79 Å². The van der Waals surface area contributed by atoms with Crippen molar-refractivity contribution in [2.75, 3.05) is 19.8 Å². The topological polar surface area (TPSA) is 35.5 Å². The zero-order valence-corrected chi connectivity index (χ0v) is 12.3. The Kier molecular flexibility index (Phi) is 3.94. The maximum atomic E-state index is 12.5. The van der Waals surface area contributed by atoms with Crippen LogP contribution < -0.4 is 0 Å². The number of rotatable bonds is 2. The molecule has 3 nitrogen and oxygen atoms in total. The van der Waals surface area contributed by atoms with Crippen LogP contribution in [0.1, 0.15) is 35.4 Å². The molecule has 0 amide bonds. The number of hydrogen-bond acceptors (Lipinski definition) is 4. The van der Waals surface area contributed by atoms with E-state index in [0.29, 0.717) is 10.9 Å². The molecule has 0 bridgehead atoms. The third-order valence-corrected chi connectivity index (χ3v) is 5.33. The van der Waals surface area contributed by atoms with Crippen LogP contribution in [0.15, 0.2) is 12.1 Å². The number of hydrogen-bond donors (Lipinski definition) is 0. The Hall–Kier alpha value is -0.420. The summed E-state index contributed by atoms with van der Waals surface area (Å²) in [6.07, 6.45) is 3.45. The lowest BCUT2D eigenvalue weighted by atomic mass is 9.79. The summed E-state index contributed by atoms with van der Waals surface area (Å²) in [4.78, 5) is 13.3. The summed E-state index contributed by atoms with van der Waals surface area (Å²) in [5.74, 6) is 0.299. The second-order valence-corrected chi connectivity index (χ2v) is 7.02. The number of carbonyl (C=O) groups excluding carboxylic acids is 1. The van der Waals surface area contributed by atoms with E-state index >= 15 is 0 Å². The molecule has 1 aromatic rings. The van der Waals surface area contributed by atoms with Crippen LogP contribution in [0, 0.1) is 5.92 Å². The average Bonchev–Trinajstić information content (AvgIpc) is 2.85. The van der Waals surface area contributed by atoms with Gasteiger partial charge in [0.25, 0.3) is 0 Å². The third-order valence-electron chi connectivity index (χ3n) is 4.08. The molecule has 2 aliphatic heterocycles. The number of ether oxygens (including phenoxy) is 2. The number of Topliss-reactive ketones (excluding diaryl/α,β-unsaturated/α-hetero) is 1. The van der Waals surface area contributed by atoms with Crippen molar-refractivity contribution >= 4 is 28.7 Å². The van der Waals surface area contributed by atoms with Gasteiger partial charge in [0.05, 0.1) is 14.8 Å². The van der Waals surface area contributed by atoms with Crippen molar-refractivity contribution < 1.29 is 14.3 Å². The molecule has 0 N–H and O–H groups in total. The van der Waals surface area contributed by atoms with Crippen molar-refractivity contribution in [2.45, 2.75) is 31.3 Å². The van der Waals surface area contributed by atoms with Crippen LogP contribution in [0.25, 0.3) is 0 Å². The average molecular weight is 301 g/mol. The van der Waals surface area contributed by atoms with E-state index in [1.165, 1.54) is 11.3 Å². The van der Waals surface area contributed by atoms with E-state index in [0.717, 1.165) is 43.8 Å². The minimum absolute atomic E-state index is 0.0709. The highest BCUT2D eigenvalue weighted by Crippen LogP contribution is 2.39. The first kappa shape index (κ1) is 13.6. The maximum Gasteiger partial charge on any atom is 0.176 e. The van der Waals surface area contributed by atoms with Crippen molar-refractivity contribution in [1.82, 2.24) is 0 Å². The molecule has 19 heavy (non-hydrogen) atoms. The summed E-state index contributed by atoms with van der Waals surface area (Å²) in [5, 5.41) is 0. The van der Waals surface area contributed by atoms with E-state index in [4.69, 9.17) is 21.1 Å². The van der Waals surface area contributed by atoms with Crippen molar-refractivity contribution in [1.29, 1.82) is 0 Å². The molecule has 0 saturated carbocycles. The van der Waals surface area contributed by atoms with Crippen molar-refractivity contribution in [3.63, 3.8) is 0 Å². The summed E-state index contributed by atoms with van der Waals surface area (Å²) in [5.41, 5.74) is -0.127. The summed E-state index contributed by atoms with van der Waals surface area (Å²) in [6, 6.07) is 3.63. The lowest BCUT2D eigenvalue weighted by molar-refractivity contribution is -0.142. The first-order chi connectivity index (χ1) is 9.19. The van der Waals surface area contributed by atoms with Crippen LogP contribution in [0.5, 0.6) is 0 Å². The number of halogens is 1. The van der Waals surface area contributed by atoms with Crippen LogP contribution in [-0.2, 0) is 9.47 Å². The van der Waals surface area contributed by atoms with Gasteiger partial charge in [-0.15, -0.1) is 11.3 Å². The highest BCUT2D eigenvalue weighted by Gasteiger charge is 2.41. The molecule has 3 rings (SSSR count). The molecular weight excluding hydrogens is 284 g/mol. The molecule has 1 atom stereocenters. The Morgan fingerprint density at radius 2 is 2.11 bits per heavy atom. The Balaban J connectivity index is 1.72. The predicted molar refractivity (Wildman–Crippen MR) is 75.1 cm³/mol. The first-order valence-electron chi connectivity index (χ1n) is 6.70. The van der Waals surface area contributed by atoms with Crippen LogP contribution in [0.3, 0.4) is 0 Å². The fourth-order valence-electron chi connectivity index (χ4n) is 2.99. The van der Waals surface area contributed by atoms with Gasteiger partial charge >= 0.3 is 0 Å². The molecule has 2 fully saturated rings. The Morgan fingerprint density at radius 1 is 1.32 bits per heavy atom. The highest BCUT2D eigenvalue weighted by molar-refractivity contribution is 7.18. The minimum atomic E-state index is -0.127. The van der Waals surface area contributed by atoms with Crippen LogP contribution in [0.4, 0.5) is 0 Å². The maximum absolute atomic E-state index is 12.5. The quantitative estimate of drug-likeness (QED) is 0.784. The van der Waals surface area contributed by atoms with Gasteiger partial charge < -0.3 is 9.47 Å². The first-order valence-corrected chi connectivity index (χ1v) is 7.89. The molecule has 5 heteroatoms. The predicted octanol–water partition coefficient (Wildman–Crippen LogP) is 3.56. The molecule has 3 heterocycles.